The molecular weight excluding hydrogens is 218 g/mol. The van der Waals surface area contributed by atoms with Crippen LogP contribution in [0.1, 0.15) is 23.6 Å². The fraction of sp³-hybridized carbons (Fsp3) is 0.294. The lowest BCUT2D eigenvalue weighted by molar-refractivity contribution is 0.175. The molecule has 0 bridgehead atoms. The van der Waals surface area contributed by atoms with E-state index in [-0.39, 0.29) is 0 Å². The van der Waals surface area contributed by atoms with Gasteiger partial charge in [-0.3, -0.25) is 4.90 Å². The topological polar surface area (TPSA) is 3.24 Å². The molecule has 0 amide bonds. The van der Waals surface area contributed by atoms with E-state index in [1.54, 1.807) is 0 Å². The number of hydrogen-bond donors (Lipinski definition) is 0. The van der Waals surface area contributed by atoms with Crippen molar-refractivity contribution >= 4 is 0 Å². The summed E-state index contributed by atoms with van der Waals surface area (Å²) in [5.41, 5.74) is 4.42. The summed E-state index contributed by atoms with van der Waals surface area (Å²) in [5, 5.41) is 0. The van der Waals surface area contributed by atoms with Gasteiger partial charge in [-0.1, -0.05) is 54.6 Å². The Hall–Kier alpha value is -1.60. The number of rotatable bonds is 2. The van der Waals surface area contributed by atoms with Crippen LogP contribution in [0.25, 0.3) is 0 Å². The van der Waals surface area contributed by atoms with E-state index in [1.807, 2.05) is 0 Å². The highest BCUT2D eigenvalue weighted by atomic mass is 15.2. The lowest BCUT2D eigenvalue weighted by Gasteiger charge is -2.34. The lowest BCUT2D eigenvalue weighted by Crippen LogP contribution is -2.37. The van der Waals surface area contributed by atoms with Gasteiger partial charge in [0.15, 0.2) is 0 Å². The van der Waals surface area contributed by atoms with E-state index in [0.29, 0.717) is 6.04 Å². The Kier molecular flexibility index (Phi) is 3.16. The quantitative estimate of drug-likeness (QED) is 0.771. The molecule has 0 saturated heterocycles. The Morgan fingerprint density at radius 1 is 0.944 bits per heavy atom. The van der Waals surface area contributed by atoms with Gasteiger partial charge in [-0.05, 0) is 30.0 Å². The maximum atomic E-state index is 2.57. The number of nitrogens with zero attached hydrogens (tertiary/aromatic N) is 1. The second-order valence-corrected chi connectivity index (χ2v) is 5.21. The summed E-state index contributed by atoms with van der Waals surface area (Å²) in [5.74, 6) is 0. The molecule has 0 aromatic heterocycles. The molecule has 2 aromatic rings. The van der Waals surface area contributed by atoms with Gasteiger partial charge in [0, 0.05) is 19.1 Å². The highest BCUT2D eigenvalue weighted by molar-refractivity contribution is 5.30. The van der Waals surface area contributed by atoms with Gasteiger partial charge in [0.2, 0.25) is 0 Å². The molecule has 0 unspecified atom stereocenters. The summed E-state index contributed by atoms with van der Waals surface area (Å²) in [6.07, 6.45) is 1.17. The molecular formula is C17H19N. The van der Waals surface area contributed by atoms with Crippen LogP contribution in [0.4, 0.5) is 0 Å². The van der Waals surface area contributed by atoms with Crippen molar-refractivity contribution in [3.8, 4) is 0 Å². The van der Waals surface area contributed by atoms with Gasteiger partial charge in [0.1, 0.15) is 0 Å². The van der Waals surface area contributed by atoms with E-state index in [2.05, 4.69) is 66.4 Å². The Labute approximate surface area is 109 Å². The molecule has 1 nitrogen and oxygen atoms in total. The molecule has 0 spiro atoms. The Morgan fingerprint density at radius 3 is 2.39 bits per heavy atom. The Balaban J connectivity index is 1.79. The van der Waals surface area contributed by atoms with Gasteiger partial charge in [-0.2, -0.15) is 0 Å². The molecule has 0 fully saturated rings. The number of benzene rings is 2. The average Bonchev–Trinajstić information content (AvgIpc) is 2.41. The van der Waals surface area contributed by atoms with Crippen molar-refractivity contribution in [2.24, 2.45) is 0 Å². The summed E-state index contributed by atoms with van der Waals surface area (Å²) >= 11 is 0. The molecule has 0 aliphatic carbocycles. The van der Waals surface area contributed by atoms with Crippen LogP contribution in [0.15, 0.2) is 54.6 Å². The van der Waals surface area contributed by atoms with Gasteiger partial charge < -0.3 is 0 Å². The first kappa shape index (κ1) is 11.5. The number of hydrogen-bond acceptors (Lipinski definition) is 1. The molecule has 0 N–H and O–H groups in total. The minimum atomic E-state index is 0.625. The Morgan fingerprint density at radius 2 is 1.61 bits per heavy atom. The maximum Gasteiger partial charge on any atom is 0.0242 e. The molecule has 92 valence electrons. The van der Waals surface area contributed by atoms with Gasteiger partial charge in [0.25, 0.3) is 0 Å². The highest BCUT2D eigenvalue weighted by Crippen LogP contribution is 2.24. The molecule has 0 radical (unpaired) electrons. The summed E-state index contributed by atoms with van der Waals surface area (Å²) < 4.78 is 0. The standard InChI is InChI=1S/C17H19N/c1-14-11-16-9-5-6-10-17(16)13-18(14)12-15-7-3-2-4-8-15/h2-10,14H,11-13H2,1H3/t14-/m1/s1. The van der Waals surface area contributed by atoms with Gasteiger partial charge >= 0.3 is 0 Å². The van der Waals surface area contributed by atoms with Crippen LogP contribution in [0.2, 0.25) is 0 Å². The third-order valence-electron chi connectivity index (χ3n) is 3.86. The van der Waals surface area contributed by atoms with Gasteiger partial charge in [-0.25, -0.2) is 0 Å². The molecule has 3 rings (SSSR count). The van der Waals surface area contributed by atoms with Crippen LogP contribution in [-0.2, 0) is 19.5 Å². The van der Waals surface area contributed by atoms with Crippen LogP contribution < -0.4 is 0 Å². The summed E-state index contributed by atoms with van der Waals surface area (Å²) in [6, 6.07) is 20.2. The van der Waals surface area contributed by atoms with E-state index in [0.717, 1.165) is 13.1 Å². The van der Waals surface area contributed by atoms with E-state index in [1.165, 1.54) is 23.1 Å². The van der Waals surface area contributed by atoms with E-state index in [4.69, 9.17) is 0 Å². The van der Waals surface area contributed by atoms with Crippen molar-refractivity contribution in [1.82, 2.24) is 4.90 Å². The van der Waals surface area contributed by atoms with Crippen molar-refractivity contribution in [1.29, 1.82) is 0 Å². The minimum Gasteiger partial charge on any atom is -0.292 e. The first-order valence-corrected chi connectivity index (χ1v) is 6.67. The second kappa shape index (κ2) is 4.95. The largest absolute Gasteiger partial charge is 0.292 e. The number of fused-ring (bicyclic) bond motifs is 1. The SMILES string of the molecule is C[C@@H]1Cc2ccccc2CN1Cc1ccccc1. The molecule has 2 aromatic carbocycles. The van der Waals surface area contributed by atoms with Crippen LogP contribution in [0, 0.1) is 0 Å². The second-order valence-electron chi connectivity index (χ2n) is 5.21. The van der Waals surface area contributed by atoms with E-state index < -0.39 is 0 Å². The highest BCUT2D eigenvalue weighted by Gasteiger charge is 2.22. The molecule has 1 heteroatoms. The van der Waals surface area contributed by atoms with Crippen molar-refractivity contribution in [2.45, 2.75) is 32.5 Å². The van der Waals surface area contributed by atoms with E-state index in [9.17, 15) is 0 Å². The summed E-state index contributed by atoms with van der Waals surface area (Å²) in [6.45, 7) is 4.46. The van der Waals surface area contributed by atoms with Crippen molar-refractivity contribution in [2.75, 3.05) is 0 Å². The van der Waals surface area contributed by atoms with Crippen molar-refractivity contribution in [3.63, 3.8) is 0 Å². The monoisotopic (exact) mass is 237 g/mol. The first-order valence-electron chi connectivity index (χ1n) is 6.67. The fourth-order valence-corrected chi connectivity index (χ4v) is 2.76. The molecule has 1 aliphatic rings. The first-order chi connectivity index (χ1) is 8.83. The van der Waals surface area contributed by atoms with Crippen LogP contribution in [-0.4, -0.2) is 10.9 Å². The van der Waals surface area contributed by atoms with Crippen LogP contribution >= 0.6 is 0 Å². The van der Waals surface area contributed by atoms with Crippen LogP contribution in [0.3, 0.4) is 0 Å². The zero-order valence-corrected chi connectivity index (χ0v) is 10.8. The van der Waals surface area contributed by atoms with Crippen molar-refractivity contribution in [3.05, 3.63) is 71.3 Å². The average molecular weight is 237 g/mol. The Bertz CT molecular complexity index is 518. The predicted molar refractivity (Wildman–Crippen MR) is 75.3 cm³/mol. The normalized spacial score (nSPS) is 19.5. The molecule has 1 heterocycles. The minimum absolute atomic E-state index is 0.625. The molecule has 1 aliphatic heterocycles. The maximum absolute atomic E-state index is 2.57. The fourth-order valence-electron chi connectivity index (χ4n) is 2.76. The zero-order valence-electron chi connectivity index (χ0n) is 10.8. The van der Waals surface area contributed by atoms with E-state index >= 15 is 0 Å². The third kappa shape index (κ3) is 2.32. The summed E-state index contributed by atoms with van der Waals surface area (Å²) in [7, 11) is 0. The van der Waals surface area contributed by atoms with Crippen molar-refractivity contribution < 1.29 is 0 Å². The molecule has 1 atom stereocenters. The third-order valence-corrected chi connectivity index (χ3v) is 3.86. The zero-order chi connectivity index (χ0) is 12.4. The molecule has 0 saturated carbocycles. The lowest BCUT2D eigenvalue weighted by atomic mass is 9.94. The van der Waals surface area contributed by atoms with Gasteiger partial charge in [-0.15, -0.1) is 0 Å². The van der Waals surface area contributed by atoms with Crippen LogP contribution in [0.5, 0.6) is 0 Å². The summed E-state index contributed by atoms with van der Waals surface area (Å²) in [4.78, 5) is 2.57. The molecule has 18 heavy (non-hydrogen) atoms. The van der Waals surface area contributed by atoms with Gasteiger partial charge in [0.05, 0.1) is 0 Å². The smallest absolute Gasteiger partial charge is 0.0242 e. The predicted octanol–water partition coefficient (Wildman–Crippen LogP) is 3.63.